The lowest BCUT2D eigenvalue weighted by Crippen LogP contribution is -2.25. The second-order valence-corrected chi connectivity index (χ2v) is 6.48. The van der Waals surface area contributed by atoms with Crippen LogP contribution in [0.2, 0.25) is 0 Å². The standard InChI is InChI=1S/C15H13F3N2O3S/c16-15(17,18)13-4-2-1-3-12(13)14(21)20-9-10-5-7-11(8-6-10)24(19,22)23/h1-8H,9H2,(H,20,21)(H2,19,22,23). The third kappa shape index (κ3) is 4.33. The summed E-state index contributed by atoms with van der Waals surface area (Å²) in [5.41, 5.74) is -0.988. The molecule has 2 aromatic rings. The Labute approximate surface area is 136 Å². The molecule has 2 aromatic carbocycles. The summed E-state index contributed by atoms with van der Waals surface area (Å²) in [6, 6.07) is 9.78. The number of sulfonamides is 1. The van der Waals surface area contributed by atoms with Crippen LogP contribution in [-0.4, -0.2) is 14.3 Å². The molecule has 0 aliphatic carbocycles. The van der Waals surface area contributed by atoms with E-state index < -0.39 is 33.2 Å². The molecule has 0 aliphatic heterocycles. The maximum Gasteiger partial charge on any atom is 0.417 e. The Morgan fingerprint density at radius 1 is 1.04 bits per heavy atom. The highest BCUT2D eigenvalue weighted by molar-refractivity contribution is 7.89. The van der Waals surface area contributed by atoms with Crippen LogP contribution in [0.4, 0.5) is 13.2 Å². The van der Waals surface area contributed by atoms with E-state index in [0.29, 0.717) is 5.56 Å². The van der Waals surface area contributed by atoms with Gasteiger partial charge in [0.15, 0.2) is 0 Å². The lowest BCUT2D eigenvalue weighted by molar-refractivity contribution is -0.137. The van der Waals surface area contributed by atoms with E-state index in [4.69, 9.17) is 5.14 Å². The van der Waals surface area contributed by atoms with Crippen molar-refractivity contribution in [3.8, 4) is 0 Å². The minimum Gasteiger partial charge on any atom is -0.348 e. The molecule has 0 aromatic heterocycles. The highest BCUT2D eigenvalue weighted by atomic mass is 32.2. The third-order valence-corrected chi connectivity index (χ3v) is 4.11. The molecule has 0 radical (unpaired) electrons. The predicted molar refractivity (Wildman–Crippen MR) is 80.4 cm³/mol. The molecule has 0 heterocycles. The van der Waals surface area contributed by atoms with Crippen LogP contribution in [0.3, 0.4) is 0 Å². The molecule has 0 spiro atoms. The van der Waals surface area contributed by atoms with Crippen molar-refractivity contribution in [2.24, 2.45) is 5.14 Å². The molecular weight excluding hydrogens is 345 g/mol. The van der Waals surface area contributed by atoms with Crippen molar-refractivity contribution in [2.75, 3.05) is 0 Å². The van der Waals surface area contributed by atoms with Crippen molar-refractivity contribution in [1.82, 2.24) is 5.32 Å². The van der Waals surface area contributed by atoms with Crippen LogP contribution in [-0.2, 0) is 22.7 Å². The number of carbonyl (C=O) groups excluding carboxylic acids is 1. The molecule has 0 aliphatic rings. The number of rotatable bonds is 4. The van der Waals surface area contributed by atoms with E-state index in [1.807, 2.05) is 0 Å². The van der Waals surface area contributed by atoms with E-state index in [0.717, 1.165) is 12.1 Å². The smallest absolute Gasteiger partial charge is 0.348 e. The van der Waals surface area contributed by atoms with Gasteiger partial charge in [0.1, 0.15) is 0 Å². The van der Waals surface area contributed by atoms with Gasteiger partial charge < -0.3 is 5.32 Å². The zero-order valence-electron chi connectivity index (χ0n) is 12.2. The molecule has 0 unspecified atom stereocenters. The van der Waals surface area contributed by atoms with Crippen LogP contribution in [0.15, 0.2) is 53.4 Å². The summed E-state index contributed by atoms with van der Waals surface area (Å²) in [7, 11) is -3.83. The summed E-state index contributed by atoms with van der Waals surface area (Å²) in [6.45, 7) is -0.0596. The molecule has 1 amide bonds. The molecule has 0 saturated heterocycles. The van der Waals surface area contributed by atoms with E-state index in [-0.39, 0.29) is 11.4 Å². The van der Waals surface area contributed by atoms with Gasteiger partial charge in [0.2, 0.25) is 10.0 Å². The summed E-state index contributed by atoms with van der Waals surface area (Å²) in [5.74, 6) is -0.876. The van der Waals surface area contributed by atoms with E-state index in [9.17, 15) is 26.4 Å². The van der Waals surface area contributed by atoms with Gasteiger partial charge >= 0.3 is 6.18 Å². The number of nitrogens with two attached hydrogens (primary N) is 1. The highest BCUT2D eigenvalue weighted by Gasteiger charge is 2.34. The molecule has 9 heteroatoms. The zero-order chi connectivity index (χ0) is 18.0. The second kappa shape index (κ2) is 6.62. The normalized spacial score (nSPS) is 12.0. The maximum absolute atomic E-state index is 12.9. The van der Waals surface area contributed by atoms with Gasteiger partial charge in [0.05, 0.1) is 16.0 Å². The lowest BCUT2D eigenvalue weighted by Gasteiger charge is -2.12. The van der Waals surface area contributed by atoms with Gasteiger partial charge in [0, 0.05) is 6.54 Å². The first-order chi connectivity index (χ1) is 11.1. The van der Waals surface area contributed by atoms with Gasteiger partial charge in [-0.3, -0.25) is 4.79 Å². The Kier molecular flexibility index (Phi) is 4.95. The average molecular weight is 358 g/mol. The molecule has 5 nitrogen and oxygen atoms in total. The minimum absolute atomic E-state index is 0.0596. The SMILES string of the molecule is NS(=O)(=O)c1ccc(CNC(=O)c2ccccc2C(F)(F)F)cc1. The molecular formula is C15H13F3N2O3S. The van der Waals surface area contributed by atoms with Crippen molar-refractivity contribution < 1.29 is 26.4 Å². The van der Waals surface area contributed by atoms with Crippen LogP contribution < -0.4 is 10.5 Å². The van der Waals surface area contributed by atoms with Gasteiger partial charge in [-0.1, -0.05) is 24.3 Å². The van der Waals surface area contributed by atoms with Crippen molar-refractivity contribution in [3.63, 3.8) is 0 Å². The molecule has 128 valence electrons. The second-order valence-electron chi connectivity index (χ2n) is 4.91. The number of primary sulfonamides is 1. The number of benzene rings is 2. The first-order valence-electron chi connectivity index (χ1n) is 6.65. The summed E-state index contributed by atoms with van der Waals surface area (Å²) in [4.78, 5) is 11.9. The molecule has 0 saturated carbocycles. The van der Waals surface area contributed by atoms with Crippen LogP contribution in [0, 0.1) is 0 Å². The fourth-order valence-corrected chi connectivity index (χ4v) is 2.52. The Morgan fingerprint density at radius 3 is 2.17 bits per heavy atom. The molecule has 0 fully saturated rings. The Hall–Kier alpha value is -2.39. The molecule has 24 heavy (non-hydrogen) atoms. The van der Waals surface area contributed by atoms with Crippen molar-refractivity contribution in [1.29, 1.82) is 0 Å². The topological polar surface area (TPSA) is 89.3 Å². The van der Waals surface area contributed by atoms with Crippen LogP contribution >= 0.6 is 0 Å². The van der Waals surface area contributed by atoms with Crippen molar-refractivity contribution >= 4 is 15.9 Å². The van der Waals surface area contributed by atoms with Gasteiger partial charge in [0.25, 0.3) is 5.91 Å². The van der Waals surface area contributed by atoms with Crippen LogP contribution in [0.25, 0.3) is 0 Å². The molecule has 0 atom stereocenters. The fourth-order valence-electron chi connectivity index (χ4n) is 2.00. The third-order valence-electron chi connectivity index (χ3n) is 3.18. The maximum atomic E-state index is 12.9. The largest absolute Gasteiger partial charge is 0.417 e. The van der Waals surface area contributed by atoms with Gasteiger partial charge in [-0.05, 0) is 29.8 Å². The number of hydrogen-bond acceptors (Lipinski definition) is 3. The molecule has 0 bridgehead atoms. The molecule has 2 rings (SSSR count). The van der Waals surface area contributed by atoms with E-state index in [2.05, 4.69) is 5.32 Å². The molecule has 3 N–H and O–H groups in total. The number of nitrogens with one attached hydrogen (secondary N) is 1. The summed E-state index contributed by atoms with van der Waals surface area (Å²) >= 11 is 0. The van der Waals surface area contributed by atoms with Gasteiger partial charge in [-0.25, -0.2) is 13.6 Å². The first-order valence-corrected chi connectivity index (χ1v) is 8.20. The number of amides is 1. The number of halogens is 3. The summed E-state index contributed by atoms with van der Waals surface area (Å²) < 4.78 is 60.9. The quantitative estimate of drug-likeness (QED) is 0.879. The van der Waals surface area contributed by atoms with Gasteiger partial charge in [-0.2, -0.15) is 13.2 Å². The zero-order valence-corrected chi connectivity index (χ0v) is 13.0. The highest BCUT2D eigenvalue weighted by Crippen LogP contribution is 2.31. The van der Waals surface area contributed by atoms with Crippen molar-refractivity contribution in [2.45, 2.75) is 17.6 Å². The average Bonchev–Trinajstić information content (AvgIpc) is 2.51. The number of hydrogen-bond donors (Lipinski definition) is 2. The first kappa shape index (κ1) is 18.0. The lowest BCUT2D eigenvalue weighted by atomic mass is 10.1. The van der Waals surface area contributed by atoms with Crippen LogP contribution in [0.5, 0.6) is 0 Å². The van der Waals surface area contributed by atoms with Crippen LogP contribution in [0.1, 0.15) is 21.5 Å². The van der Waals surface area contributed by atoms with E-state index >= 15 is 0 Å². The number of carbonyl (C=O) groups is 1. The monoisotopic (exact) mass is 358 g/mol. The Morgan fingerprint density at radius 2 is 1.62 bits per heavy atom. The summed E-state index contributed by atoms with van der Waals surface area (Å²) in [6.07, 6.45) is -4.63. The minimum atomic E-state index is -4.63. The predicted octanol–water partition coefficient (Wildman–Crippen LogP) is 2.28. The fraction of sp³-hybridized carbons (Fsp3) is 0.133. The summed E-state index contributed by atoms with van der Waals surface area (Å²) in [5, 5.41) is 7.32. The Bertz CT molecular complexity index is 847. The van der Waals surface area contributed by atoms with Crippen molar-refractivity contribution in [3.05, 3.63) is 65.2 Å². The van der Waals surface area contributed by atoms with Gasteiger partial charge in [-0.15, -0.1) is 0 Å². The Balaban J connectivity index is 2.12. The van der Waals surface area contributed by atoms with E-state index in [1.165, 1.54) is 36.4 Å². The number of alkyl halides is 3. The van der Waals surface area contributed by atoms with E-state index in [1.54, 1.807) is 0 Å².